The Balaban J connectivity index is 1.49. The molecule has 2 bridgehead atoms. The number of hydrogen-bond donors (Lipinski definition) is 3. The summed E-state index contributed by atoms with van der Waals surface area (Å²) in [5, 5.41) is 13.6. The summed E-state index contributed by atoms with van der Waals surface area (Å²) in [6.07, 6.45) is 1.04. The van der Waals surface area contributed by atoms with E-state index in [0.29, 0.717) is 18.4 Å². The topological polar surface area (TPSA) is 96.9 Å². The van der Waals surface area contributed by atoms with Crippen LogP contribution in [0.2, 0.25) is 0 Å². The van der Waals surface area contributed by atoms with E-state index < -0.39 is 13.2 Å². The molecule has 1 saturated heterocycles. The molecule has 8 heteroatoms. The van der Waals surface area contributed by atoms with Crippen molar-refractivity contribution in [3.05, 3.63) is 35.9 Å². The summed E-state index contributed by atoms with van der Waals surface area (Å²) in [6, 6.07) is 9.88. The summed E-state index contributed by atoms with van der Waals surface area (Å²) in [5.74, 6) is 0.588. The molecule has 29 heavy (non-hydrogen) atoms. The van der Waals surface area contributed by atoms with E-state index in [9.17, 15) is 9.59 Å². The first-order chi connectivity index (χ1) is 13.7. The molecule has 3 saturated carbocycles. The van der Waals surface area contributed by atoms with Crippen LogP contribution in [-0.2, 0) is 14.1 Å². The van der Waals surface area contributed by atoms with Crippen molar-refractivity contribution in [1.82, 2.24) is 10.6 Å². The van der Waals surface area contributed by atoms with Gasteiger partial charge < -0.3 is 25.0 Å². The lowest BCUT2D eigenvalue weighted by atomic mass is 9.43. The van der Waals surface area contributed by atoms with Gasteiger partial charge in [0.2, 0.25) is 5.91 Å². The van der Waals surface area contributed by atoms with Gasteiger partial charge in [-0.15, -0.1) is 0 Å². The van der Waals surface area contributed by atoms with Gasteiger partial charge in [-0.2, -0.15) is 0 Å². The van der Waals surface area contributed by atoms with E-state index in [-0.39, 0.29) is 35.4 Å². The number of carbonyl (C=O) groups excluding carboxylic acids is 1. The lowest BCUT2D eigenvalue weighted by molar-refractivity contribution is -0.199. The van der Waals surface area contributed by atoms with Crippen LogP contribution < -0.4 is 10.6 Å². The summed E-state index contributed by atoms with van der Waals surface area (Å²) < 4.78 is 13.0. The Morgan fingerprint density at radius 2 is 1.93 bits per heavy atom. The van der Waals surface area contributed by atoms with E-state index in [1.54, 1.807) is 0 Å². The monoisotopic (exact) mass is 400 g/mol. The number of rotatable bonds is 6. The van der Waals surface area contributed by atoms with Crippen LogP contribution in [0.3, 0.4) is 0 Å². The Kier molecular flexibility index (Phi) is 5.11. The fourth-order valence-corrected chi connectivity index (χ4v) is 5.58. The van der Waals surface area contributed by atoms with Gasteiger partial charge in [-0.05, 0) is 42.6 Å². The third-order valence-electron chi connectivity index (χ3n) is 7.44. The van der Waals surface area contributed by atoms with Gasteiger partial charge in [0.25, 0.3) is 0 Å². The zero-order valence-corrected chi connectivity index (χ0v) is 17.2. The molecular weight excluding hydrogens is 371 g/mol. The normalized spacial score (nSPS) is 32.7. The minimum Gasteiger partial charge on any atom is -0.465 e. The molecule has 2 amide bonds. The minimum absolute atomic E-state index is 0.0693. The molecule has 1 aromatic rings. The highest BCUT2D eigenvalue weighted by Gasteiger charge is 2.68. The molecule has 3 aliphatic carbocycles. The highest BCUT2D eigenvalue weighted by molar-refractivity contribution is 6.47. The number of carbonyl (C=O) groups is 2. The van der Waals surface area contributed by atoms with Crippen LogP contribution >= 0.6 is 0 Å². The molecule has 4 aliphatic rings. The van der Waals surface area contributed by atoms with Crippen LogP contribution in [0.15, 0.2) is 30.3 Å². The Hall–Kier alpha value is -2.06. The third-order valence-corrected chi connectivity index (χ3v) is 7.44. The van der Waals surface area contributed by atoms with E-state index in [4.69, 9.17) is 14.4 Å². The number of hydrogen-bond acceptors (Lipinski definition) is 4. The number of amides is 2. The molecule has 5 rings (SSSR count). The van der Waals surface area contributed by atoms with Crippen molar-refractivity contribution in [2.24, 2.45) is 17.3 Å². The molecule has 5 atom stereocenters. The molecule has 1 aromatic carbocycles. The Morgan fingerprint density at radius 3 is 2.59 bits per heavy atom. The van der Waals surface area contributed by atoms with Crippen LogP contribution in [0.4, 0.5) is 4.79 Å². The zero-order valence-electron chi connectivity index (χ0n) is 17.2. The van der Waals surface area contributed by atoms with Gasteiger partial charge in [-0.1, -0.05) is 44.2 Å². The van der Waals surface area contributed by atoms with E-state index in [0.717, 1.165) is 12.0 Å². The van der Waals surface area contributed by atoms with Crippen LogP contribution in [0.25, 0.3) is 0 Å². The van der Waals surface area contributed by atoms with Crippen LogP contribution in [0, 0.1) is 17.3 Å². The molecule has 156 valence electrons. The maximum atomic E-state index is 12.0. The third kappa shape index (κ3) is 3.53. The lowest BCUT2D eigenvalue weighted by Crippen LogP contribution is -2.65. The Labute approximate surface area is 171 Å². The Bertz CT molecular complexity index is 789. The smallest absolute Gasteiger partial charge is 0.465 e. The van der Waals surface area contributed by atoms with Gasteiger partial charge in [0, 0.05) is 12.4 Å². The molecule has 7 nitrogen and oxygen atoms in total. The maximum absolute atomic E-state index is 12.0. The second-order valence-electron chi connectivity index (χ2n) is 9.32. The van der Waals surface area contributed by atoms with Crippen molar-refractivity contribution in [3.63, 3.8) is 0 Å². The van der Waals surface area contributed by atoms with Gasteiger partial charge in [0.05, 0.1) is 18.2 Å². The number of benzene rings is 1. The summed E-state index contributed by atoms with van der Waals surface area (Å²) in [6.45, 7) is 6.87. The van der Waals surface area contributed by atoms with Crippen molar-refractivity contribution in [3.8, 4) is 0 Å². The molecule has 2 unspecified atom stereocenters. The molecule has 0 spiro atoms. The molecule has 1 heterocycles. The maximum Gasteiger partial charge on any atom is 0.467 e. The van der Waals surface area contributed by atoms with Crippen molar-refractivity contribution < 1.29 is 24.0 Å². The van der Waals surface area contributed by atoms with E-state index in [2.05, 4.69) is 31.4 Å². The van der Waals surface area contributed by atoms with E-state index in [1.807, 2.05) is 30.3 Å². The summed E-state index contributed by atoms with van der Waals surface area (Å²) in [7, 11) is -0.449. The van der Waals surface area contributed by atoms with E-state index >= 15 is 0 Å². The summed E-state index contributed by atoms with van der Waals surface area (Å²) >= 11 is 0. The average molecular weight is 400 g/mol. The predicted molar refractivity (Wildman–Crippen MR) is 108 cm³/mol. The highest BCUT2D eigenvalue weighted by Crippen LogP contribution is 2.66. The fourth-order valence-electron chi connectivity index (χ4n) is 5.58. The first kappa shape index (κ1) is 20.2. The zero-order chi connectivity index (χ0) is 20.8. The molecule has 1 aliphatic heterocycles. The van der Waals surface area contributed by atoms with Gasteiger partial charge in [-0.25, -0.2) is 4.79 Å². The van der Waals surface area contributed by atoms with Gasteiger partial charge in [-0.3, -0.25) is 4.79 Å². The van der Waals surface area contributed by atoms with E-state index in [1.165, 1.54) is 6.42 Å². The predicted octanol–water partition coefficient (Wildman–Crippen LogP) is 2.42. The van der Waals surface area contributed by atoms with Gasteiger partial charge >= 0.3 is 13.2 Å². The molecular formula is C21H29BN2O5. The van der Waals surface area contributed by atoms with Gasteiger partial charge in [0.1, 0.15) is 0 Å². The minimum atomic E-state index is -1.22. The number of nitrogens with one attached hydrogen (secondary N) is 2. The quantitative estimate of drug-likeness (QED) is 0.638. The number of carboxylic acid groups (broad SMARTS) is 1. The molecule has 0 radical (unpaired) electrons. The highest BCUT2D eigenvalue weighted by atomic mass is 16.7. The first-order valence-electron chi connectivity index (χ1n) is 10.3. The SMILES string of the molecule is CC1(C)[C@@H]2CC3OB(C(CNC(=O)CNC(=O)O)c4ccccc4)O[C@@]3(C)[C@H]1C2. The molecule has 0 aromatic heterocycles. The first-order valence-corrected chi connectivity index (χ1v) is 10.3. The molecule has 4 fully saturated rings. The summed E-state index contributed by atoms with van der Waals surface area (Å²) in [5.41, 5.74) is 0.977. The largest absolute Gasteiger partial charge is 0.467 e. The van der Waals surface area contributed by atoms with Gasteiger partial charge in [0.15, 0.2) is 0 Å². The second-order valence-corrected chi connectivity index (χ2v) is 9.32. The van der Waals surface area contributed by atoms with Crippen LogP contribution in [0.5, 0.6) is 0 Å². The average Bonchev–Trinajstić information content (AvgIpc) is 3.03. The Morgan fingerprint density at radius 1 is 1.21 bits per heavy atom. The standard InChI is InChI=1S/C21H29BN2O5/c1-20(2)14-9-16(20)21(3)17(10-14)28-22(29-21)15(13-7-5-4-6-8-13)11-23-18(25)12-24-19(26)27/h4-8,14-17,24H,9-12H2,1-3H3,(H,23,25)(H,26,27)/t14-,15?,16-,17?,21-/m0/s1. The van der Waals surface area contributed by atoms with Crippen molar-refractivity contribution >= 4 is 19.1 Å². The van der Waals surface area contributed by atoms with Crippen LogP contribution in [-0.4, -0.2) is 49.0 Å². The van der Waals surface area contributed by atoms with Crippen molar-refractivity contribution in [2.75, 3.05) is 13.1 Å². The molecule has 3 N–H and O–H groups in total. The van der Waals surface area contributed by atoms with Crippen LogP contribution in [0.1, 0.15) is 45.0 Å². The second kappa shape index (κ2) is 7.33. The van der Waals surface area contributed by atoms with Crippen molar-refractivity contribution in [1.29, 1.82) is 0 Å². The fraction of sp³-hybridized carbons (Fsp3) is 0.619. The van der Waals surface area contributed by atoms with Crippen molar-refractivity contribution in [2.45, 2.75) is 51.1 Å². The summed E-state index contributed by atoms with van der Waals surface area (Å²) in [4.78, 5) is 22.6. The lowest BCUT2D eigenvalue weighted by Gasteiger charge is -2.64.